The zero-order chi connectivity index (χ0) is 14.8. The summed E-state index contributed by atoms with van der Waals surface area (Å²) in [5.74, 6) is 0.339. The third-order valence-electron chi connectivity index (χ3n) is 3.59. The second-order valence-corrected chi connectivity index (χ2v) is 7.78. The number of hydrogen-bond donors (Lipinski definition) is 1. The summed E-state index contributed by atoms with van der Waals surface area (Å²) in [5, 5.41) is 0.605. The summed E-state index contributed by atoms with van der Waals surface area (Å²) in [5.41, 5.74) is 5.56. The molecule has 0 bridgehead atoms. The molecule has 0 aliphatic carbocycles. The summed E-state index contributed by atoms with van der Waals surface area (Å²) in [6.07, 6.45) is 2.75. The third-order valence-corrected chi connectivity index (χ3v) is 6.19. The maximum absolute atomic E-state index is 12.6. The summed E-state index contributed by atoms with van der Waals surface area (Å²) in [7, 11) is -3.50. The number of halogens is 2. The Labute approximate surface area is 129 Å². The van der Waals surface area contributed by atoms with Crippen LogP contribution in [0.3, 0.4) is 0 Å². The van der Waals surface area contributed by atoms with Gasteiger partial charge in [-0.05, 0) is 49.9 Å². The predicted octanol–water partition coefficient (Wildman–Crippen LogP) is 2.74. The molecule has 1 unspecified atom stereocenters. The molecule has 1 aliphatic heterocycles. The first-order valence-electron chi connectivity index (χ1n) is 6.60. The fourth-order valence-electron chi connectivity index (χ4n) is 2.50. The van der Waals surface area contributed by atoms with Gasteiger partial charge in [-0.3, -0.25) is 0 Å². The Morgan fingerprint density at radius 3 is 2.70 bits per heavy atom. The Morgan fingerprint density at radius 2 is 2.05 bits per heavy atom. The van der Waals surface area contributed by atoms with Crippen molar-refractivity contribution in [2.24, 2.45) is 11.7 Å². The van der Waals surface area contributed by atoms with Gasteiger partial charge in [0.1, 0.15) is 0 Å². The first-order valence-corrected chi connectivity index (χ1v) is 8.80. The number of nitrogens with zero attached hydrogens (tertiary/aromatic N) is 1. The van der Waals surface area contributed by atoms with Gasteiger partial charge in [0.25, 0.3) is 0 Å². The molecule has 0 aromatic heterocycles. The van der Waals surface area contributed by atoms with Crippen LogP contribution in [0, 0.1) is 5.92 Å². The van der Waals surface area contributed by atoms with Crippen LogP contribution in [0.4, 0.5) is 0 Å². The van der Waals surface area contributed by atoms with Crippen LogP contribution in [-0.4, -0.2) is 32.4 Å². The van der Waals surface area contributed by atoms with Crippen LogP contribution < -0.4 is 5.73 Å². The lowest BCUT2D eigenvalue weighted by Crippen LogP contribution is -2.40. The van der Waals surface area contributed by atoms with Crippen molar-refractivity contribution < 1.29 is 8.42 Å². The smallest absolute Gasteiger partial charge is 0.243 e. The molecule has 1 atom stereocenters. The van der Waals surface area contributed by atoms with Gasteiger partial charge in [-0.1, -0.05) is 23.2 Å². The topological polar surface area (TPSA) is 63.4 Å². The molecule has 4 nitrogen and oxygen atoms in total. The Bertz CT molecular complexity index is 576. The maximum atomic E-state index is 12.6. The van der Waals surface area contributed by atoms with Crippen molar-refractivity contribution >= 4 is 33.2 Å². The van der Waals surface area contributed by atoms with Gasteiger partial charge in [-0.25, -0.2) is 8.42 Å². The second kappa shape index (κ2) is 6.62. The lowest BCUT2D eigenvalue weighted by molar-refractivity contribution is 0.258. The molecule has 2 N–H and O–H groups in total. The predicted molar refractivity (Wildman–Crippen MR) is 81.6 cm³/mol. The lowest BCUT2D eigenvalue weighted by Gasteiger charge is -2.31. The van der Waals surface area contributed by atoms with E-state index >= 15 is 0 Å². The van der Waals surface area contributed by atoms with Gasteiger partial charge in [-0.15, -0.1) is 0 Å². The lowest BCUT2D eigenvalue weighted by atomic mass is 9.96. The fraction of sp³-hybridized carbons (Fsp3) is 0.538. The summed E-state index contributed by atoms with van der Waals surface area (Å²) in [6.45, 7) is 1.66. The van der Waals surface area contributed by atoms with Crippen LogP contribution in [0.25, 0.3) is 0 Å². The van der Waals surface area contributed by atoms with E-state index in [2.05, 4.69) is 0 Å². The molecule has 0 radical (unpaired) electrons. The molecule has 1 fully saturated rings. The SMILES string of the molecule is NCCC1CCCN(S(=O)(=O)c2ccc(Cl)c(Cl)c2)C1. The Morgan fingerprint density at radius 1 is 1.30 bits per heavy atom. The van der Waals surface area contributed by atoms with Gasteiger partial charge < -0.3 is 5.73 Å². The first-order chi connectivity index (χ1) is 9.45. The van der Waals surface area contributed by atoms with E-state index in [1.54, 1.807) is 0 Å². The van der Waals surface area contributed by atoms with E-state index < -0.39 is 10.0 Å². The Hall–Kier alpha value is -0.330. The van der Waals surface area contributed by atoms with E-state index in [1.165, 1.54) is 22.5 Å². The average molecular weight is 337 g/mol. The van der Waals surface area contributed by atoms with E-state index in [4.69, 9.17) is 28.9 Å². The van der Waals surface area contributed by atoms with Gasteiger partial charge >= 0.3 is 0 Å². The summed E-state index contributed by atoms with van der Waals surface area (Å²) in [4.78, 5) is 0.195. The molecule has 112 valence electrons. The Balaban J connectivity index is 2.23. The third kappa shape index (κ3) is 3.46. The normalized spacial score (nSPS) is 21.1. The minimum Gasteiger partial charge on any atom is -0.330 e. The molecule has 2 rings (SSSR count). The van der Waals surface area contributed by atoms with E-state index in [9.17, 15) is 8.42 Å². The van der Waals surface area contributed by atoms with Crippen LogP contribution in [-0.2, 0) is 10.0 Å². The van der Waals surface area contributed by atoms with Crippen LogP contribution >= 0.6 is 23.2 Å². The van der Waals surface area contributed by atoms with Gasteiger partial charge in [-0.2, -0.15) is 4.31 Å². The molecular formula is C13H18Cl2N2O2S. The second-order valence-electron chi connectivity index (χ2n) is 5.02. The fourth-order valence-corrected chi connectivity index (χ4v) is 4.45. The largest absolute Gasteiger partial charge is 0.330 e. The molecule has 0 saturated carbocycles. The zero-order valence-electron chi connectivity index (χ0n) is 11.1. The highest BCUT2D eigenvalue weighted by Crippen LogP contribution is 2.29. The van der Waals surface area contributed by atoms with Crippen molar-refractivity contribution in [3.8, 4) is 0 Å². The summed E-state index contributed by atoms with van der Waals surface area (Å²) >= 11 is 11.7. The molecule has 1 aliphatic rings. The van der Waals surface area contributed by atoms with Gasteiger partial charge in [0.05, 0.1) is 14.9 Å². The van der Waals surface area contributed by atoms with Crippen LogP contribution in [0.5, 0.6) is 0 Å². The Kier molecular flexibility index (Phi) is 5.31. The monoisotopic (exact) mass is 336 g/mol. The maximum Gasteiger partial charge on any atom is 0.243 e. The van der Waals surface area contributed by atoms with Crippen molar-refractivity contribution in [3.63, 3.8) is 0 Å². The number of nitrogens with two attached hydrogens (primary N) is 1. The highest BCUT2D eigenvalue weighted by atomic mass is 35.5. The number of piperidine rings is 1. The standard InChI is InChI=1S/C13H18Cl2N2O2S/c14-12-4-3-11(8-13(12)15)20(18,19)17-7-1-2-10(9-17)5-6-16/h3-4,8,10H,1-2,5-7,9,16H2. The molecule has 1 heterocycles. The molecular weight excluding hydrogens is 319 g/mol. The minimum atomic E-state index is -3.50. The summed E-state index contributed by atoms with van der Waals surface area (Å²) < 4.78 is 26.7. The highest BCUT2D eigenvalue weighted by Gasteiger charge is 2.30. The average Bonchev–Trinajstić information content (AvgIpc) is 2.42. The molecule has 1 aromatic rings. The van der Waals surface area contributed by atoms with Crippen molar-refractivity contribution in [1.82, 2.24) is 4.31 Å². The van der Waals surface area contributed by atoms with Crippen molar-refractivity contribution in [3.05, 3.63) is 28.2 Å². The molecule has 1 saturated heterocycles. The molecule has 1 aromatic carbocycles. The van der Waals surface area contributed by atoms with Gasteiger partial charge in [0.15, 0.2) is 0 Å². The van der Waals surface area contributed by atoms with Crippen LogP contribution in [0.1, 0.15) is 19.3 Å². The van der Waals surface area contributed by atoms with E-state index in [1.807, 2.05) is 0 Å². The van der Waals surface area contributed by atoms with Gasteiger partial charge in [0, 0.05) is 13.1 Å². The first kappa shape index (κ1) is 16.0. The van der Waals surface area contributed by atoms with Crippen LogP contribution in [0.15, 0.2) is 23.1 Å². The number of hydrogen-bond acceptors (Lipinski definition) is 3. The quantitative estimate of drug-likeness (QED) is 0.919. The molecule has 20 heavy (non-hydrogen) atoms. The minimum absolute atomic E-state index is 0.195. The van der Waals surface area contributed by atoms with Crippen molar-refractivity contribution in [2.45, 2.75) is 24.2 Å². The number of sulfonamides is 1. The van der Waals surface area contributed by atoms with Crippen molar-refractivity contribution in [1.29, 1.82) is 0 Å². The van der Waals surface area contributed by atoms with E-state index in [0.29, 0.717) is 30.6 Å². The zero-order valence-corrected chi connectivity index (χ0v) is 13.4. The van der Waals surface area contributed by atoms with Gasteiger partial charge in [0.2, 0.25) is 10.0 Å². The molecule has 0 spiro atoms. The summed E-state index contributed by atoms with van der Waals surface area (Å²) in [6, 6.07) is 4.42. The van der Waals surface area contributed by atoms with E-state index in [-0.39, 0.29) is 9.92 Å². The van der Waals surface area contributed by atoms with Crippen molar-refractivity contribution in [2.75, 3.05) is 19.6 Å². The highest BCUT2D eigenvalue weighted by molar-refractivity contribution is 7.89. The number of rotatable bonds is 4. The molecule has 7 heteroatoms. The molecule has 0 amide bonds. The van der Waals surface area contributed by atoms with Crippen LogP contribution in [0.2, 0.25) is 10.0 Å². The number of benzene rings is 1. The van der Waals surface area contributed by atoms with E-state index in [0.717, 1.165) is 19.3 Å².